The van der Waals surface area contributed by atoms with Crippen molar-refractivity contribution in [3.63, 3.8) is 0 Å². The Labute approximate surface area is 124 Å². The number of ether oxygens (including phenoxy) is 1. The third-order valence-electron chi connectivity index (χ3n) is 2.76. The van der Waals surface area contributed by atoms with E-state index in [1.807, 2.05) is 11.9 Å². The van der Waals surface area contributed by atoms with Gasteiger partial charge in [-0.3, -0.25) is 19.9 Å². The third kappa shape index (κ3) is 3.48. The normalized spacial score (nSPS) is 10.8. The van der Waals surface area contributed by atoms with Crippen LogP contribution in [0, 0.1) is 10.1 Å². The average molecular weight is 303 g/mol. The van der Waals surface area contributed by atoms with E-state index in [-0.39, 0.29) is 5.69 Å². The van der Waals surface area contributed by atoms with Crippen LogP contribution in [0.4, 0.5) is 5.69 Å². The van der Waals surface area contributed by atoms with Crippen molar-refractivity contribution in [3.8, 4) is 5.75 Å². The number of benzene rings is 1. The summed E-state index contributed by atoms with van der Waals surface area (Å²) >= 11 is 0. The molecule has 2 N–H and O–H groups in total. The fraction of sp³-hybridized carbons (Fsp3) is 0.143. The fourth-order valence-corrected chi connectivity index (χ4v) is 1.82. The van der Waals surface area contributed by atoms with Gasteiger partial charge in [0.25, 0.3) is 0 Å². The SMILES string of the molecule is CCOc1ccc(/C=C/c2[nH]c(=O)[nH]c(=O)c2[N+](=O)[O-])cc1. The maximum atomic E-state index is 11.5. The van der Waals surface area contributed by atoms with Crippen molar-refractivity contribution in [2.24, 2.45) is 0 Å². The zero-order valence-electron chi connectivity index (χ0n) is 11.7. The van der Waals surface area contributed by atoms with Crippen LogP contribution >= 0.6 is 0 Å². The van der Waals surface area contributed by atoms with Crippen molar-refractivity contribution >= 4 is 17.8 Å². The molecule has 0 spiro atoms. The van der Waals surface area contributed by atoms with Gasteiger partial charge >= 0.3 is 16.9 Å². The highest BCUT2D eigenvalue weighted by molar-refractivity contribution is 5.71. The lowest BCUT2D eigenvalue weighted by Gasteiger charge is -2.02. The molecule has 0 radical (unpaired) electrons. The van der Waals surface area contributed by atoms with Gasteiger partial charge in [-0.1, -0.05) is 18.2 Å². The predicted octanol–water partition coefficient (Wildman–Crippen LogP) is 1.54. The first-order valence-corrected chi connectivity index (χ1v) is 6.43. The Morgan fingerprint density at radius 2 is 1.86 bits per heavy atom. The van der Waals surface area contributed by atoms with Crippen molar-refractivity contribution in [3.05, 3.63) is 66.5 Å². The highest BCUT2D eigenvalue weighted by Crippen LogP contribution is 2.16. The molecule has 0 atom stereocenters. The molecule has 2 rings (SSSR count). The number of hydrogen-bond acceptors (Lipinski definition) is 5. The van der Waals surface area contributed by atoms with E-state index in [0.717, 1.165) is 5.56 Å². The van der Waals surface area contributed by atoms with E-state index < -0.39 is 21.9 Å². The van der Waals surface area contributed by atoms with Gasteiger partial charge in [0.2, 0.25) is 0 Å². The van der Waals surface area contributed by atoms with Crippen LogP contribution in [0.25, 0.3) is 12.2 Å². The molecule has 0 unspecified atom stereocenters. The molecule has 0 aliphatic carbocycles. The van der Waals surface area contributed by atoms with Gasteiger partial charge in [-0.15, -0.1) is 0 Å². The van der Waals surface area contributed by atoms with Gasteiger partial charge in [-0.05, 0) is 30.7 Å². The summed E-state index contributed by atoms with van der Waals surface area (Å²) in [6, 6.07) is 6.99. The minimum atomic E-state index is -1.04. The molecule has 0 amide bonds. The number of hydrogen-bond donors (Lipinski definition) is 2. The van der Waals surface area contributed by atoms with Gasteiger partial charge in [0, 0.05) is 0 Å². The first-order valence-electron chi connectivity index (χ1n) is 6.43. The summed E-state index contributed by atoms with van der Waals surface area (Å²) in [5.41, 5.74) is -1.98. The van der Waals surface area contributed by atoms with E-state index in [9.17, 15) is 19.7 Å². The van der Waals surface area contributed by atoms with Crippen LogP contribution in [-0.2, 0) is 0 Å². The minimum absolute atomic E-state index is 0.160. The van der Waals surface area contributed by atoms with E-state index in [2.05, 4.69) is 4.98 Å². The molecule has 0 bridgehead atoms. The van der Waals surface area contributed by atoms with Crippen LogP contribution in [0.5, 0.6) is 5.75 Å². The zero-order valence-corrected chi connectivity index (χ0v) is 11.7. The Morgan fingerprint density at radius 1 is 1.18 bits per heavy atom. The molecule has 1 aromatic carbocycles. The van der Waals surface area contributed by atoms with Crippen LogP contribution in [-0.4, -0.2) is 21.5 Å². The van der Waals surface area contributed by atoms with Gasteiger partial charge in [-0.2, -0.15) is 0 Å². The smallest absolute Gasteiger partial charge is 0.357 e. The molecule has 8 nitrogen and oxygen atoms in total. The fourth-order valence-electron chi connectivity index (χ4n) is 1.82. The quantitative estimate of drug-likeness (QED) is 0.641. The van der Waals surface area contributed by atoms with E-state index in [4.69, 9.17) is 4.74 Å². The highest BCUT2D eigenvalue weighted by Gasteiger charge is 2.18. The lowest BCUT2D eigenvalue weighted by Crippen LogP contribution is -2.25. The number of rotatable bonds is 5. The summed E-state index contributed by atoms with van der Waals surface area (Å²) in [7, 11) is 0. The Morgan fingerprint density at radius 3 is 2.45 bits per heavy atom. The van der Waals surface area contributed by atoms with Crippen molar-refractivity contribution in [2.45, 2.75) is 6.92 Å². The van der Waals surface area contributed by atoms with Gasteiger partial charge in [0.15, 0.2) is 0 Å². The Bertz CT molecular complexity index is 818. The molecule has 0 aliphatic rings. The monoisotopic (exact) mass is 303 g/mol. The summed E-state index contributed by atoms with van der Waals surface area (Å²) in [4.78, 5) is 36.8. The van der Waals surface area contributed by atoms with Crippen LogP contribution < -0.4 is 16.0 Å². The largest absolute Gasteiger partial charge is 0.494 e. The average Bonchev–Trinajstić information content (AvgIpc) is 2.45. The molecular formula is C14H13N3O5. The maximum Gasteiger partial charge on any atom is 0.357 e. The Balaban J connectivity index is 2.35. The van der Waals surface area contributed by atoms with E-state index in [1.54, 1.807) is 30.3 Å². The first kappa shape index (κ1) is 15.2. The Kier molecular flexibility index (Phi) is 4.52. The first-order chi connectivity index (χ1) is 10.5. The second kappa shape index (κ2) is 6.53. The topological polar surface area (TPSA) is 118 Å². The molecule has 0 saturated heterocycles. The molecular weight excluding hydrogens is 290 g/mol. The third-order valence-corrected chi connectivity index (χ3v) is 2.76. The Hall–Kier alpha value is -3.16. The van der Waals surface area contributed by atoms with Crippen molar-refractivity contribution in [2.75, 3.05) is 6.61 Å². The van der Waals surface area contributed by atoms with Crippen molar-refractivity contribution < 1.29 is 9.66 Å². The highest BCUT2D eigenvalue weighted by atomic mass is 16.6. The second-order valence-corrected chi connectivity index (χ2v) is 4.26. The lowest BCUT2D eigenvalue weighted by atomic mass is 10.2. The number of aromatic amines is 2. The van der Waals surface area contributed by atoms with Gasteiger partial charge in [0.05, 0.1) is 11.5 Å². The number of aromatic nitrogens is 2. The van der Waals surface area contributed by atoms with Crippen molar-refractivity contribution in [1.82, 2.24) is 9.97 Å². The molecule has 22 heavy (non-hydrogen) atoms. The van der Waals surface area contributed by atoms with E-state index in [0.29, 0.717) is 12.4 Å². The molecule has 114 valence electrons. The van der Waals surface area contributed by atoms with Crippen LogP contribution in [0.15, 0.2) is 33.9 Å². The molecule has 2 aromatic rings. The number of nitrogens with zero attached hydrogens (tertiary/aromatic N) is 1. The van der Waals surface area contributed by atoms with Crippen LogP contribution in [0.1, 0.15) is 18.2 Å². The molecule has 0 saturated carbocycles. The summed E-state index contributed by atoms with van der Waals surface area (Å²) < 4.78 is 5.30. The molecule has 1 heterocycles. The van der Waals surface area contributed by atoms with E-state index in [1.165, 1.54) is 6.08 Å². The number of H-pyrrole nitrogens is 2. The van der Waals surface area contributed by atoms with E-state index >= 15 is 0 Å². The van der Waals surface area contributed by atoms with Gasteiger partial charge in [0.1, 0.15) is 11.4 Å². The number of nitro groups is 1. The lowest BCUT2D eigenvalue weighted by molar-refractivity contribution is -0.386. The summed E-state index contributed by atoms with van der Waals surface area (Å²) in [5.74, 6) is 0.704. The zero-order chi connectivity index (χ0) is 16.1. The van der Waals surface area contributed by atoms with Gasteiger partial charge < -0.3 is 9.72 Å². The number of nitrogens with one attached hydrogen (secondary N) is 2. The van der Waals surface area contributed by atoms with Crippen LogP contribution in [0.2, 0.25) is 0 Å². The molecule has 0 aliphatic heterocycles. The summed E-state index contributed by atoms with van der Waals surface area (Å²) in [6.07, 6.45) is 2.86. The summed E-state index contributed by atoms with van der Waals surface area (Å²) in [5, 5.41) is 10.9. The second-order valence-electron chi connectivity index (χ2n) is 4.26. The molecule has 0 fully saturated rings. The molecule has 1 aromatic heterocycles. The van der Waals surface area contributed by atoms with Gasteiger partial charge in [-0.25, -0.2) is 4.79 Å². The minimum Gasteiger partial charge on any atom is -0.494 e. The summed E-state index contributed by atoms with van der Waals surface area (Å²) in [6.45, 7) is 2.42. The predicted molar refractivity (Wildman–Crippen MR) is 80.9 cm³/mol. The van der Waals surface area contributed by atoms with Crippen LogP contribution in [0.3, 0.4) is 0 Å². The van der Waals surface area contributed by atoms with Crippen molar-refractivity contribution in [1.29, 1.82) is 0 Å². The molecule has 8 heteroatoms. The maximum absolute atomic E-state index is 11.5. The standard InChI is InChI=1S/C14H13N3O5/c1-2-22-10-6-3-9(4-7-10)5-8-11-12(17(20)21)13(18)16-14(19)15-11/h3-8H,2H2,1H3,(H2,15,16,18,19)/b8-5+.